The van der Waals surface area contributed by atoms with Gasteiger partial charge in [0, 0.05) is 17.6 Å². The number of aryl methyl sites for hydroxylation is 1. The van der Waals surface area contributed by atoms with Crippen LogP contribution in [-0.2, 0) is 4.79 Å². The molecule has 1 aromatic heterocycles. The van der Waals surface area contributed by atoms with E-state index in [2.05, 4.69) is 26.2 Å². The first-order valence-electron chi connectivity index (χ1n) is 5.27. The van der Waals surface area contributed by atoms with Crippen LogP contribution in [0.4, 0.5) is 5.82 Å². The van der Waals surface area contributed by atoms with Crippen LogP contribution in [-0.4, -0.2) is 30.0 Å². The molecule has 1 N–H and O–H groups in total. The van der Waals surface area contributed by atoms with Crippen molar-refractivity contribution in [2.75, 3.05) is 18.0 Å². The van der Waals surface area contributed by atoms with Gasteiger partial charge in [0.15, 0.2) is 0 Å². The Bertz CT molecular complexity index is 422. The van der Waals surface area contributed by atoms with E-state index in [9.17, 15) is 4.79 Å². The number of rotatable bonds is 1. The van der Waals surface area contributed by atoms with E-state index in [1.807, 2.05) is 30.9 Å². The minimum Gasteiger partial charge on any atom is -0.353 e. The van der Waals surface area contributed by atoms with Gasteiger partial charge in [0.1, 0.15) is 11.9 Å². The van der Waals surface area contributed by atoms with Gasteiger partial charge in [-0.25, -0.2) is 4.98 Å². The summed E-state index contributed by atoms with van der Waals surface area (Å²) in [5.74, 6) is 0.927. The lowest BCUT2D eigenvalue weighted by Gasteiger charge is -2.33. The molecular weight excluding hydrogens is 270 g/mol. The second kappa shape index (κ2) is 4.41. The van der Waals surface area contributed by atoms with E-state index < -0.39 is 0 Å². The van der Waals surface area contributed by atoms with Gasteiger partial charge in [0.2, 0.25) is 5.91 Å². The second-order valence-corrected chi connectivity index (χ2v) is 4.75. The van der Waals surface area contributed by atoms with Crippen LogP contribution in [0.2, 0.25) is 0 Å². The fourth-order valence-electron chi connectivity index (χ4n) is 1.79. The molecule has 1 atom stereocenters. The van der Waals surface area contributed by atoms with Crippen molar-refractivity contribution in [3.8, 4) is 0 Å². The zero-order chi connectivity index (χ0) is 11.7. The van der Waals surface area contributed by atoms with Crippen molar-refractivity contribution in [2.45, 2.75) is 19.9 Å². The van der Waals surface area contributed by atoms with Crippen LogP contribution in [0.5, 0.6) is 0 Å². The molecule has 0 aliphatic carbocycles. The number of piperazine rings is 1. The zero-order valence-corrected chi connectivity index (χ0v) is 10.9. The van der Waals surface area contributed by atoms with Gasteiger partial charge < -0.3 is 10.2 Å². The molecule has 86 valence electrons. The lowest BCUT2D eigenvalue weighted by Crippen LogP contribution is -2.54. The first-order chi connectivity index (χ1) is 7.59. The quantitative estimate of drug-likeness (QED) is 0.849. The molecule has 1 aliphatic heterocycles. The minimum absolute atomic E-state index is 0.0635. The van der Waals surface area contributed by atoms with Crippen molar-refractivity contribution in [1.82, 2.24) is 10.3 Å². The van der Waals surface area contributed by atoms with Crippen LogP contribution in [0.15, 0.2) is 16.6 Å². The summed E-state index contributed by atoms with van der Waals surface area (Å²) in [4.78, 5) is 18.0. The largest absolute Gasteiger partial charge is 0.353 e. The van der Waals surface area contributed by atoms with Crippen LogP contribution in [0.3, 0.4) is 0 Å². The number of amides is 1. The molecule has 4 nitrogen and oxygen atoms in total. The highest BCUT2D eigenvalue weighted by Gasteiger charge is 2.26. The number of aromatic nitrogens is 1. The summed E-state index contributed by atoms with van der Waals surface area (Å²) in [6.45, 7) is 5.33. The normalized spacial score (nSPS) is 20.8. The molecule has 1 unspecified atom stereocenters. The number of pyridine rings is 1. The topological polar surface area (TPSA) is 45.2 Å². The summed E-state index contributed by atoms with van der Waals surface area (Å²) in [5, 5.41) is 2.84. The number of nitrogens with one attached hydrogen (secondary N) is 1. The number of nitrogens with zero attached hydrogens (tertiary/aromatic N) is 2. The molecule has 1 fully saturated rings. The van der Waals surface area contributed by atoms with Crippen molar-refractivity contribution in [3.05, 3.63) is 22.3 Å². The summed E-state index contributed by atoms with van der Waals surface area (Å²) < 4.78 is 0.991. The maximum Gasteiger partial charge on any atom is 0.242 e. The van der Waals surface area contributed by atoms with Crippen molar-refractivity contribution < 1.29 is 4.79 Å². The van der Waals surface area contributed by atoms with E-state index in [-0.39, 0.29) is 11.9 Å². The molecule has 0 saturated carbocycles. The van der Waals surface area contributed by atoms with Crippen LogP contribution < -0.4 is 10.2 Å². The van der Waals surface area contributed by atoms with Crippen LogP contribution in [0.1, 0.15) is 12.6 Å². The Morgan fingerprint density at radius 3 is 3.00 bits per heavy atom. The Hall–Kier alpha value is -1.10. The summed E-state index contributed by atoms with van der Waals surface area (Å²) >= 11 is 3.42. The van der Waals surface area contributed by atoms with Gasteiger partial charge in [-0.05, 0) is 41.9 Å². The summed E-state index contributed by atoms with van der Waals surface area (Å²) in [7, 11) is 0. The number of carbonyl (C=O) groups is 1. The standard InChI is InChI=1S/C11H14BrN3O/c1-7-9(12)3-4-10(14-7)15-6-5-13-11(16)8(15)2/h3-4,8H,5-6H2,1-2H3,(H,13,16). The molecule has 0 spiro atoms. The van der Waals surface area contributed by atoms with Crippen molar-refractivity contribution >= 4 is 27.7 Å². The molecule has 16 heavy (non-hydrogen) atoms. The van der Waals surface area contributed by atoms with Gasteiger partial charge in [-0.1, -0.05) is 0 Å². The van der Waals surface area contributed by atoms with Gasteiger partial charge in [-0.3, -0.25) is 4.79 Å². The predicted molar refractivity (Wildman–Crippen MR) is 66.5 cm³/mol. The Morgan fingerprint density at radius 2 is 2.31 bits per heavy atom. The molecule has 2 heterocycles. The second-order valence-electron chi connectivity index (χ2n) is 3.90. The van der Waals surface area contributed by atoms with Crippen molar-refractivity contribution in [2.24, 2.45) is 0 Å². The van der Waals surface area contributed by atoms with Crippen molar-refractivity contribution in [3.63, 3.8) is 0 Å². The van der Waals surface area contributed by atoms with Gasteiger partial charge in [-0.15, -0.1) is 0 Å². The Balaban J connectivity index is 2.29. The highest BCUT2D eigenvalue weighted by atomic mass is 79.9. The summed E-state index contributed by atoms with van der Waals surface area (Å²) in [5.41, 5.74) is 0.940. The molecule has 0 aromatic carbocycles. The van der Waals surface area contributed by atoms with Gasteiger partial charge in [0.05, 0.1) is 5.69 Å². The summed E-state index contributed by atoms with van der Waals surface area (Å²) in [6.07, 6.45) is 0. The highest BCUT2D eigenvalue weighted by molar-refractivity contribution is 9.10. The summed E-state index contributed by atoms with van der Waals surface area (Å²) in [6, 6.07) is 3.75. The van der Waals surface area contributed by atoms with E-state index in [1.54, 1.807) is 0 Å². The maximum absolute atomic E-state index is 11.5. The third-order valence-corrected chi connectivity index (χ3v) is 3.64. The SMILES string of the molecule is Cc1nc(N2CCNC(=O)C2C)ccc1Br. The van der Waals surface area contributed by atoms with Crippen LogP contribution in [0, 0.1) is 6.92 Å². The van der Waals surface area contributed by atoms with Crippen molar-refractivity contribution in [1.29, 1.82) is 0 Å². The smallest absolute Gasteiger partial charge is 0.242 e. The average Bonchev–Trinajstić information content (AvgIpc) is 2.26. The van der Waals surface area contributed by atoms with Gasteiger partial charge in [-0.2, -0.15) is 0 Å². The molecule has 0 bridgehead atoms. The Kier molecular flexibility index (Phi) is 3.14. The molecule has 1 aliphatic rings. The molecule has 1 amide bonds. The molecule has 2 rings (SSSR count). The van der Waals surface area contributed by atoms with E-state index in [0.717, 1.165) is 22.5 Å². The predicted octanol–water partition coefficient (Wildman–Crippen LogP) is 1.48. The van der Waals surface area contributed by atoms with E-state index >= 15 is 0 Å². The minimum atomic E-state index is -0.151. The molecule has 1 saturated heterocycles. The van der Waals surface area contributed by atoms with E-state index in [4.69, 9.17) is 0 Å². The molecule has 5 heteroatoms. The van der Waals surface area contributed by atoms with E-state index in [0.29, 0.717) is 6.54 Å². The number of carbonyl (C=O) groups excluding carboxylic acids is 1. The molecular formula is C11H14BrN3O. The zero-order valence-electron chi connectivity index (χ0n) is 9.33. The van der Waals surface area contributed by atoms with E-state index in [1.165, 1.54) is 0 Å². The fraction of sp³-hybridized carbons (Fsp3) is 0.455. The van der Waals surface area contributed by atoms with Crippen LogP contribution >= 0.6 is 15.9 Å². The number of hydrogen-bond donors (Lipinski definition) is 1. The number of anilines is 1. The highest BCUT2D eigenvalue weighted by Crippen LogP contribution is 2.21. The third-order valence-electron chi connectivity index (χ3n) is 2.80. The molecule has 1 aromatic rings. The lowest BCUT2D eigenvalue weighted by molar-refractivity contribution is -0.122. The monoisotopic (exact) mass is 283 g/mol. The average molecular weight is 284 g/mol. The Morgan fingerprint density at radius 1 is 1.56 bits per heavy atom. The van der Waals surface area contributed by atoms with Gasteiger partial charge in [0.25, 0.3) is 0 Å². The Labute approximate surface area is 103 Å². The first-order valence-corrected chi connectivity index (χ1v) is 6.06. The fourth-order valence-corrected chi connectivity index (χ4v) is 2.01. The maximum atomic E-state index is 11.5. The molecule has 0 radical (unpaired) electrons. The number of halogens is 1. The number of hydrogen-bond acceptors (Lipinski definition) is 3. The first kappa shape index (κ1) is 11.4. The lowest BCUT2D eigenvalue weighted by atomic mass is 10.2. The van der Waals surface area contributed by atoms with Crippen LogP contribution in [0.25, 0.3) is 0 Å². The third kappa shape index (κ3) is 2.04. The van der Waals surface area contributed by atoms with Gasteiger partial charge >= 0.3 is 0 Å².